The van der Waals surface area contributed by atoms with E-state index in [0.29, 0.717) is 30.7 Å². The Labute approximate surface area is 152 Å². The van der Waals surface area contributed by atoms with Gasteiger partial charge in [-0.2, -0.15) is 0 Å². The smallest absolute Gasteiger partial charge is 0.230 e. The van der Waals surface area contributed by atoms with Gasteiger partial charge in [0.15, 0.2) is 0 Å². The molecule has 25 heavy (non-hydrogen) atoms. The van der Waals surface area contributed by atoms with Gasteiger partial charge < -0.3 is 16.0 Å². The standard InChI is InChI=1S/C17H28N4O3S/c22-14(18-12-6-7-12)8-13-9-15(23)21-17(20-13)25-10-16(24)19-11-4-2-1-3-5-11/h11-13,17,20H,1-10H2,(H,18,22)(H,19,24)(H,21,23). The van der Waals surface area contributed by atoms with E-state index >= 15 is 0 Å². The Kier molecular flexibility index (Phi) is 6.58. The van der Waals surface area contributed by atoms with Gasteiger partial charge in [-0.05, 0) is 25.7 Å². The highest BCUT2D eigenvalue weighted by molar-refractivity contribution is 8.00. The van der Waals surface area contributed by atoms with Gasteiger partial charge in [-0.1, -0.05) is 19.3 Å². The third kappa shape index (κ3) is 6.51. The summed E-state index contributed by atoms with van der Waals surface area (Å²) in [5.41, 5.74) is -0.322. The molecule has 2 saturated carbocycles. The maximum Gasteiger partial charge on any atom is 0.230 e. The predicted molar refractivity (Wildman–Crippen MR) is 96.7 cm³/mol. The molecule has 3 rings (SSSR count). The predicted octanol–water partition coefficient (Wildman–Crippen LogP) is 0.599. The second-order valence-corrected chi connectivity index (χ2v) is 8.37. The number of thioether (sulfide) groups is 1. The molecular formula is C17H28N4O3S. The molecule has 0 aromatic carbocycles. The topological polar surface area (TPSA) is 99.3 Å². The lowest BCUT2D eigenvalue weighted by molar-refractivity contribution is -0.125. The van der Waals surface area contributed by atoms with Gasteiger partial charge in [-0.15, -0.1) is 11.8 Å². The van der Waals surface area contributed by atoms with E-state index in [4.69, 9.17) is 0 Å². The van der Waals surface area contributed by atoms with E-state index in [0.717, 1.165) is 25.7 Å². The molecule has 1 aliphatic heterocycles. The van der Waals surface area contributed by atoms with Crippen LogP contribution in [-0.4, -0.2) is 47.1 Å². The van der Waals surface area contributed by atoms with Crippen molar-refractivity contribution in [1.29, 1.82) is 0 Å². The van der Waals surface area contributed by atoms with Crippen molar-refractivity contribution < 1.29 is 14.4 Å². The van der Waals surface area contributed by atoms with Crippen molar-refractivity contribution >= 4 is 29.5 Å². The minimum atomic E-state index is -0.322. The van der Waals surface area contributed by atoms with E-state index in [-0.39, 0.29) is 29.3 Å². The quantitative estimate of drug-likeness (QED) is 0.527. The van der Waals surface area contributed by atoms with E-state index in [1.165, 1.54) is 31.0 Å². The third-order valence-electron chi connectivity index (χ3n) is 4.84. The number of amides is 3. The highest BCUT2D eigenvalue weighted by Crippen LogP contribution is 2.20. The van der Waals surface area contributed by atoms with Crippen LogP contribution in [0.25, 0.3) is 0 Å². The van der Waals surface area contributed by atoms with Crippen LogP contribution in [0.5, 0.6) is 0 Å². The number of nitrogens with one attached hydrogen (secondary N) is 4. The van der Waals surface area contributed by atoms with Crippen molar-refractivity contribution in [3.05, 3.63) is 0 Å². The highest BCUT2D eigenvalue weighted by Gasteiger charge is 2.30. The summed E-state index contributed by atoms with van der Waals surface area (Å²) in [6, 6.07) is 0.458. The summed E-state index contributed by atoms with van der Waals surface area (Å²) >= 11 is 1.37. The van der Waals surface area contributed by atoms with Gasteiger partial charge in [0.1, 0.15) is 5.50 Å². The molecule has 7 nitrogen and oxygen atoms in total. The second kappa shape index (κ2) is 8.89. The van der Waals surface area contributed by atoms with Crippen molar-refractivity contribution in [2.24, 2.45) is 0 Å². The van der Waals surface area contributed by atoms with E-state index < -0.39 is 0 Å². The molecule has 0 bridgehead atoms. The zero-order valence-corrected chi connectivity index (χ0v) is 15.3. The maximum absolute atomic E-state index is 12.1. The van der Waals surface area contributed by atoms with Crippen molar-refractivity contribution in [2.45, 2.75) is 81.4 Å². The fourth-order valence-electron chi connectivity index (χ4n) is 3.38. The van der Waals surface area contributed by atoms with Crippen LogP contribution in [0.2, 0.25) is 0 Å². The Balaban J connectivity index is 1.37. The normalized spacial score (nSPS) is 27.4. The molecule has 0 aromatic rings. The van der Waals surface area contributed by atoms with E-state index in [2.05, 4.69) is 21.3 Å². The number of rotatable bonds is 7. The van der Waals surface area contributed by atoms with E-state index in [1.807, 2.05) is 0 Å². The van der Waals surface area contributed by atoms with Crippen molar-refractivity contribution in [2.75, 3.05) is 5.75 Å². The first-order valence-corrected chi connectivity index (χ1v) is 10.4. The Morgan fingerprint density at radius 3 is 2.40 bits per heavy atom. The van der Waals surface area contributed by atoms with Crippen LogP contribution in [0.1, 0.15) is 57.8 Å². The number of carbonyl (C=O) groups is 3. The van der Waals surface area contributed by atoms with Crippen LogP contribution >= 0.6 is 11.8 Å². The molecule has 3 amide bonds. The van der Waals surface area contributed by atoms with Crippen LogP contribution < -0.4 is 21.3 Å². The molecular weight excluding hydrogens is 340 g/mol. The molecule has 2 unspecified atom stereocenters. The lowest BCUT2D eigenvalue weighted by atomic mass is 9.95. The van der Waals surface area contributed by atoms with Crippen LogP contribution in [0.3, 0.4) is 0 Å². The molecule has 3 aliphatic rings. The van der Waals surface area contributed by atoms with Crippen molar-refractivity contribution in [3.63, 3.8) is 0 Å². The molecule has 3 fully saturated rings. The number of hydrogen-bond acceptors (Lipinski definition) is 5. The fraction of sp³-hybridized carbons (Fsp3) is 0.824. The fourth-order valence-corrected chi connectivity index (χ4v) is 4.28. The molecule has 1 saturated heterocycles. The third-order valence-corrected chi connectivity index (χ3v) is 5.85. The molecule has 2 aliphatic carbocycles. The molecule has 0 aromatic heterocycles. The first-order chi connectivity index (χ1) is 12.1. The largest absolute Gasteiger partial charge is 0.353 e. The van der Waals surface area contributed by atoms with Crippen LogP contribution in [0, 0.1) is 0 Å². The second-order valence-electron chi connectivity index (χ2n) is 7.27. The Bertz CT molecular complexity index is 506. The van der Waals surface area contributed by atoms with Crippen LogP contribution in [0.4, 0.5) is 0 Å². The van der Waals surface area contributed by atoms with Gasteiger partial charge in [0.25, 0.3) is 0 Å². The average Bonchev–Trinajstić information content (AvgIpc) is 3.37. The lowest BCUT2D eigenvalue weighted by Crippen LogP contribution is -2.56. The minimum absolute atomic E-state index is 0.00603. The molecule has 8 heteroatoms. The Hall–Kier alpha value is -1.28. The summed E-state index contributed by atoms with van der Waals surface area (Å²) in [5.74, 6) is 0.235. The highest BCUT2D eigenvalue weighted by atomic mass is 32.2. The average molecular weight is 369 g/mol. The molecule has 140 valence electrons. The summed E-state index contributed by atoms with van der Waals surface area (Å²) in [6.07, 6.45) is 8.46. The van der Waals surface area contributed by atoms with Gasteiger partial charge >= 0.3 is 0 Å². The monoisotopic (exact) mass is 368 g/mol. The molecule has 1 heterocycles. The van der Waals surface area contributed by atoms with Gasteiger partial charge in [-0.3, -0.25) is 19.7 Å². The maximum atomic E-state index is 12.1. The Morgan fingerprint density at radius 2 is 1.68 bits per heavy atom. The lowest BCUT2D eigenvalue weighted by Gasteiger charge is -2.31. The summed E-state index contributed by atoms with van der Waals surface area (Å²) < 4.78 is 0. The number of hydrogen-bond donors (Lipinski definition) is 4. The molecule has 0 radical (unpaired) electrons. The van der Waals surface area contributed by atoms with Gasteiger partial charge in [0.05, 0.1) is 5.75 Å². The van der Waals surface area contributed by atoms with Crippen LogP contribution in [-0.2, 0) is 14.4 Å². The molecule has 0 spiro atoms. The van der Waals surface area contributed by atoms with Crippen molar-refractivity contribution in [3.8, 4) is 0 Å². The van der Waals surface area contributed by atoms with E-state index in [9.17, 15) is 14.4 Å². The summed E-state index contributed by atoms with van der Waals surface area (Å²) in [6.45, 7) is 0. The zero-order chi connectivity index (χ0) is 17.6. The SMILES string of the molecule is O=C(CSC1NC(=O)CC(CC(=O)NC2CC2)N1)NC1CCCCC1. The first kappa shape index (κ1) is 18.5. The summed E-state index contributed by atoms with van der Waals surface area (Å²) in [7, 11) is 0. The summed E-state index contributed by atoms with van der Waals surface area (Å²) in [5, 5.41) is 12.1. The first-order valence-electron chi connectivity index (χ1n) is 9.34. The number of carbonyl (C=O) groups excluding carboxylic acids is 3. The van der Waals surface area contributed by atoms with Gasteiger partial charge in [0.2, 0.25) is 17.7 Å². The van der Waals surface area contributed by atoms with Gasteiger partial charge in [0, 0.05) is 31.0 Å². The van der Waals surface area contributed by atoms with E-state index in [1.54, 1.807) is 0 Å². The Morgan fingerprint density at radius 1 is 1.00 bits per heavy atom. The molecule has 2 atom stereocenters. The van der Waals surface area contributed by atoms with Gasteiger partial charge in [-0.25, -0.2) is 0 Å². The molecule has 4 N–H and O–H groups in total. The zero-order valence-electron chi connectivity index (χ0n) is 14.5. The minimum Gasteiger partial charge on any atom is -0.353 e. The summed E-state index contributed by atoms with van der Waals surface area (Å²) in [4.78, 5) is 35.9. The van der Waals surface area contributed by atoms with Crippen LogP contribution in [0.15, 0.2) is 0 Å². The van der Waals surface area contributed by atoms with Crippen molar-refractivity contribution in [1.82, 2.24) is 21.3 Å².